The summed E-state index contributed by atoms with van der Waals surface area (Å²) in [7, 11) is 0. The molecule has 3 nitrogen and oxygen atoms in total. The summed E-state index contributed by atoms with van der Waals surface area (Å²) < 4.78 is 0. The van der Waals surface area contributed by atoms with Gasteiger partial charge in [0.2, 0.25) is 0 Å². The number of aliphatic hydroxyl groups is 1. The van der Waals surface area contributed by atoms with Crippen LogP contribution in [0.5, 0.6) is 0 Å². The second-order valence-corrected chi connectivity index (χ2v) is 4.67. The maximum atomic E-state index is 11.5. The molecule has 1 aromatic heterocycles. The van der Waals surface area contributed by atoms with Gasteiger partial charge in [0.25, 0.3) is 0 Å². The van der Waals surface area contributed by atoms with E-state index >= 15 is 0 Å². The molecule has 0 amide bonds. The lowest BCUT2D eigenvalue weighted by atomic mass is 10.1. The lowest BCUT2D eigenvalue weighted by molar-refractivity contribution is 0.0904. The van der Waals surface area contributed by atoms with Crippen molar-refractivity contribution >= 4 is 27.6 Å². The number of Topliss-reactive ketones (excluding diaryl/α,β-unsaturated/α-hetero) is 1. The zero-order valence-electron chi connectivity index (χ0n) is 10.6. The lowest BCUT2D eigenvalue weighted by Crippen LogP contribution is -2.03. The van der Waals surface area contributed by atoms with E-state index in [-0.39, 0.29) is 5.78 Å². The summed E-state index contributed by atoms with van der Waals surface area (Å²) in [6, 6.07) is 13.5. The summed E-state index contributed by atoms with van der Waals surface area (Å²) in [6.07, 6.45) is 0. The summed E-state index contributed by atoms with van der Waals surface area (Å²) >= 11 is 0. The third kappa shape index (κ3) is 2.09. The summed E-state index contributed by atoms with van der Waals surface area (Å²) in [5.74, 6) is -0.284. The van der Waals surface area contributed by atoms with Crippen LogP contribution in [-0.2, 0) is 0 Å². The molecule has 0 bridgehead atoms. The van der Waals surface area contributed by atoms with Crippen molar-refractivity contribution in [3.63, 3.8) is 0 Å². The first kappa shape index (κ1) is 11.8. The molecule has 3 aromatic rings. The van der Waals surface area contributed by atoms with E-state index in [9.17, 15) is 4.79 Å². The van der Waals surface area contributed by atoms with Crippen molar-refractivity contribution in [1.82, 2.24) is 4.98 Å². The van der Waals surface area contributed by atoms with Crippen molar-refractivity contribution in [2.75, 3.05) is 6.61 Å². The molecule has 1 N–H and O–H groups in total. The molecule has 0 aliphatic rings. The number of carbonyl (C=O) groups is 1. The monoisotopic (exact) mass is 251 g/mol. The molecule has 19 heavy (non-hydrogen) atoms. The summed E-state index contributed by atoms with van der Waals surface area (Å²) in [5, 5.41) is 11.0. The molecular formula is C16H13NO2. The molecule has 0 saturated carbocycles. The highest BCUT2D eigenvalue weighted by Crippen LogP contribution is 2.21. The fraction of sp³-hybridized carbons (Fsp3) is 0.125. The van der Waals surface area contributed by atoms with Crippen molar-refractivity contribution < 1.29 is 9.90 Å². The van der Waals surface area contributed by atoms with Gasteiger partial charge in [0, 0.05) is 16.3 Å². The maximum absolute atomic E-state index is 11.5. The van der Waals surface area contributed by atoms with Crippen molar-refractivity contribution in [3.8, 4) is 0 Å². The molecule has 1 heterocycles. The molecule has 0 aliphatic heterocycles. The maximum Gasteiger partial charge on any atom is 0.188 e. The van der Waals surface area contributed by atoms with Gasteiger partial charge < -0.3 is 5.11 Å². The number of benzene rings is 2. The minimum Gasteiger partial charge on any atom is -0.388 e. The highest BCUT2D eigenvalue weighted by Gasteiger charge is 2.06. The Morgan fingerprint density at radius 1 is 1.05 bits per heavy atom. The van der Waals surface area contributed by atoms with Crippen LogP contribution in [0.2, 0.25) is 0 Å². The van der Waals surface area contributed by atoms with Crippen molar-refractivity contribution in [1.29, 1.82) is 0 Å². The number of fused-ring (bicyclic) bond motifs is 2. The minimum absolute atomic E-state index is 0.284. The quantitative estimate of drug-likeness (QED) is 0.563. The molecule has 0 atom stereocenters. The zero-order valence-corrected chi connectivity index (χ0v) is 10.6. The minimum atomic E-state index is -0.474. The average Bonchev–Trinajstić information content (AvgIpc) is 2.43. The van der Waals surface area contributed by atoms with E-state index in [0.717, 1.165) is 27.4 Å². The number of nitrogens with zero attached hydrogens (tertiary/aromatic N) is 1. The highest BCUT2D eigenvalue weighted by molar-refractivity contribution is 6.01. The van der Waals surface area contributed by atoms with Gasteiger partial charge in [-0.3, -0.25) is 4.79 Å². The smallest absolute Gasteiger partial charge is 0.188 e. The average molecular weight is 251 g/mol. The van der Waals surface area contributed by atoms with Gasteiger partial charge in [0.15, 0.2) is 5.78 Å². The fourth-order valence-corrected chi connectivity index (χ4v) is 2.20. The van der Waals surface area contributed by atoms with Crippen molar-refractivity contribution in [3.05, 3.63) is 53.6 Å². The van der Waals surface area contributed by atoms with Crippen LogP contribution in [0.4, 0.5) is 0 Å². The predicted octanol–water partition coefficient (Wildman–Crippen LogP) is 2.87. The molecule has 0 spiro atoms. The van der Waals surface area contributed by atoms with Crippen LogP contribution in [0.3, 0.4) is 0 Å². The van der Waals surface area contributed by atoms with Crippen LogP contribution >= 0.6 is 0 Å². The highest BCUT2D eigenvalue weighted by atomic mass is 16.3. The molecule has 3 heteroatoms. The molecule has 0 radical (unpaired) electrons. The van der Waals surface area contributed by atoms with Crippen LogP contribution in [0.25, 0.3) is 21.8 Å². The molecule has 2 aromatic carbocycles. The summed E-state index contributed by atoms with van der Waals surface area (Å²) in [5.41, 5.74) is 3.34. The summed E-state index contributed by atoms with van der Waals surface area (Å²) in [4.78, 5) is 16.1. The zero-order chi connectivity index (χ0) is 13.4. The first-order valence-corrected chi connectivity index (χ1v) is 6.12. The molecule has 0 unspecified atom stereocenters. The normalized spacial score (nSPS) is 11.1. The number of aliphatic hydroxyl groups excluding tert-OH is 1. The Morgan fingerprint density at radius 2 is 1.74 bits per heavy atom. The molecular weight excluding hydrogens is 238 g/mol. The van der Waals surface area contributed by atoms with Crippen LogP contribution in [-0.4, -0.2) is 22.5 Å². The molecule has 0 aliphatic carbocycles. The Labute approximate surface area is 110 Å². The third-order valence-electron chi connectivity index (χ3n) is 3.23. The first-order chi connectivity index (χ1) is 9.17. The Hall–Kier alpha value is -2.26. The van der Waals surface area contributed by atoms with Gasteiger partial charge in [-0.25, -0.2) is 4.98 Å². The van der Waals surface area contributed by atoms with Gasteiger partial charge in [-0.1, -0.05) is 24.3 Å². The SMILES string of the molecule is Cc1ccc2cc3ccc(C(=O)CO)cc3nc2c1. The van der Waals surface area contributed by atoms with Crippen LogP contribution in [0.15, 0.2) is 42.5 Å². The van der Waals surface area contributed by atoms with E-state index in [1.807, 2.05) is 25.1 Å². The van der Waals surface area contributed by atoms with Gasteiger partial charge >= 0.3 is 0 Å². The van der Waals surface area contributed by atoms with Gasteiger partial charge in [-0.05, 0) is 30.7 Å². The van der Waals surface area contributed by atoms with Gasteiger partial charge in [0.05, 0.1) is 11.0 Å². The van der Waals surface area contributed by atoms with Gasteiger partial charge in [-0.2, -0.15) is 0 Å². The number of hydrogen-bond donors (Lipinski definition) is 1. The second-order valence-electron chi connectivity index (χ2n) is 4.67. The molecule has 3 rings (SSSR count). The van der Waals surface area contributed by atoms with Crippen LogP contribution in [0, 0.1) is 6.92 Å². The second kappa shape index (κ2) is 4.44. The standard InChI is InChI=1S/C16H13NO2/c1-10-2-3-11-7-12-4-5-13(16(19)9-18)8-15(12)17-14(11)6-10/h2-8,18H,9H2,1H3. The van der Waals surface area contributed by atoms with E-state index < -0.39 is 6.61 Å². The van der Waals surface area contributed by atoms with Gasteiger partial charge in [-0.15, -0.1) is 0 Å². The van der Waals surface area contributed by atoms with E-state index in [1.54, 1.807) is 12.1 Å². The first-order valence-electron chi connectivity index (χ1n) is 6.12. The number of ketones is 1. The van der Waals surface area contributed by atoms with Gasteiger partial charge in [0.1, 0.15) is 6.61 Å². The topological polar surface area (TPSA) is 50.2 Å². The number of carbonyl (C=O) groups excluding carboxylic acids is 1. The van der Waals surface area contributed by atoms with E-state index in [0.29, 0.717) is 5.56 Å². The Bertz CT molecular complexity index is 793. The van der Waals surface area contributed by atoms with E-state index in [4.69, 9.17) is 5.11 Å². The molecule has 94 valence electrons. The number of pyridine rings is 1. The van der Waals surface area contributed by atoms with Crippen molar-refractivity contribution in [2.45, 2.75) is 6.92 Å². The number of aromatic nitrogens is 1. The Kier molecular flexibility index (Phi) is 2.76. The van der Waals surface area contributed by atoms with Crippen molar-refractivity contribution in [2.24, 2.45) is 0 Å². The Morgan fingerprint density at radius 3 is 2.47 bits per heavy atom. The number of hydrogen-bond acceptors (Lipinski definition) is 3. The lowest BCUT2D eigenvalue weighted by Gasteiger charge is -2.04. The number of aryl methyl sites for hydroxylation is 1. The fourth-order valence-electron chi connectivity index (χ4n) is 2.20. The van der Waals surface area contributed by atoms with Crippen LogP contribution in [0.1, 0.15) is 15.9 Å². The van der Waals surface area contributed by atoms with Crippen LogP contribution < -0.4 is 0 Å². The summed E-state index contributed by atoms with van der Waals surface area (Å²) in [6.45, 7) is 1.55. The number of rotatable bonds is 2. The van der Waals surface area contributed by atoms with E-state index in [2.05, 4.69) is 17.1 Å². The predicted molar refractivity (Wildman–Crippen MR) is 75.4 cm³/mol. The van der Waals surface area contributed by atoms with E-state index in [1.165, 1.54) is 0 Å². The largest absolute Gasteiger partial charge is 0.388 e. The molecule has 0 fully saturated rings. The molecule has 0 saturated heterocycles. The Balaban J connectivity index is 2.27. The third-order valence-corrected chi connectivity index (χ3v) is 3.23.